The number of nitrogens with zero attached hydrogens (tertiary/aromatic N) is 5. The average Bonchev–Trinajstić information content (AvgIpc) is 3.04. The molecule has 4 rings (SSSR count). The number of hydrazine groups is 1. The second-order valence-corrected chi connectivity index (χ2v) is 12.0. The summed E-state index contributed by atoms with van der Waals surface area (Å²) in [5, 5.41) is 6.33. The van der Waals surface area contributed by atoms with Gasteiger partial charge in [0.25, 0.3) is 0 Å². The summed E-state index contributed by atoms with van der Waals surface area (Å²) in [6.07, 6.45) is 5.40. The molecule has 0 bridgehead atoms. The molecule has 230 valence electrons. The summed E-state index contributed by atoms with van der Waals surface area (Å²) in [6.45, 7) is 9.37. The Morgan fingerprint density at radius 1 is 0.644 bits per heavy atom. The summed E-state index contributed by atoms with van der Waals surface area (Å²) in [6, 6.07) is 24.1. The van der Waals surface area contributed by atoms with Crippen LogP contribution < -0.4 is 15.9 Å². The molecule has 0 saturated heterocycles. The molecule has 0 aliphatic heterocycles. The molecule has 0 aliphatic carbocycles. The number of nitroso groups, excluding NO2 is 1. The van der Waals surface area contributed by atoms with Gasteiger partial charge in [-0.1, -0.05) is 47.5 Å². The van der Waals surface area contributed by atoms with Gasteiger partial charge in [0.2, 0.25) is 0 Å². The van der Waals surface area contributed by atoms with Crippen molar-refractivity contribution in [2.24, 2.45) is 11.1 Å². The number of aromatic nitrogens is 2. The first-order valence-corrected chi connectivity index (χ1v) is 24.9. The number of pyridine rings is 2. The SMILES string of the molecule is Cc1ccc(N(CCc2ccc(C)nc2)N=O)cc1.Cc1ccc(N(N)CCc2ccc(C)nc2)cc1.O=S(=O)=S(=O)=O.[Na][Na]. The van der Waals surface area contributed by atoms with Crippen molar-refractivity contribution in [2.45, 2.75) is 40.5 Å². The molecule has 45 heavy (non-hydrogen) atoms. The number of benzene rings is 2. The monoisotopic (exact) mass is 670 g/mol. The Hall–Kier alpha value is -2.46. The van der Waals surface area contributed by atoms with Gasteiger partial charge in [-0.15, -0.1) is 4.91 Å². The molecule has 2 aromatic carbocycles. The maximum absolute atomic E-state index is 10.9. The second kappa shape index (κ2) is 23.0. The number of rotatable bonds is 9. The predicted octanol–water partition coefficient (Wildman–Crippen LogP) is 3.95. The van der Waals surface area contributed by atoms with Crippen molar-refractivity contribution < 1.29 is 16.8 Å². The van der Waals surface area contributed by atoms with Crippen molar-refractivity contribution in [3.05, 3.63) is 124 Å². The van der Waals surface area contributed by atoms with Gasteiger partial charge in [-0.05, 0) is 88.1 Å². The number of aryl methyl sites for hydroxylation is 4. The zero-order valence-electron chi connectivity index (χ0n) is 26.6. The fourth-order valence-electron chi connectivity index (χ4n) is 3.58. The second-order valence-electron chi connectivity index (χ2n) is 9.59. The van der Waals surface area contributed by atoms with Crippen LogP contribution in [-0.4, -0.2) is 83.5 Å². The molecule has 0 saturated carbocycles. The zero-order chi connectivity index (χ0) is 33.8. The number of nitrogens with two attached hydrogens (primary N) is 1. The van der Waals surface area contributed by atoms with Gasteiger partial charge in [0.15, 0.2) is 0 Å². The summed E-state index contributed by atoms with van der Waals surface area (Å²) >= 11 is 2.89. The maximum atomic E-state index is 10.9. The van der Waals surface area contributed by atoms with Crippen LogP contribution in [0.15, 0.2) is 90.5 Å². The standard InChI is InChI=1S/C15H17N3O.C15H19N3.2Na.O4S2/c1-12-3-7-15(8-4-12)18(17-19)10-9-14-6-5-13(2)16-11-14;1-12-3-7-15(8-4-12)18(16)10-9-14-6-5-13(2)17-11-14;;;1-5(2)6(3)4/h3-8,11H,9-10H2,1-2H3;3-8,11H,9-10,16H2,1-2H3;;;. The van der Waals surface area contributed by atoms with Gasteiger partial charge in [0, 0.05) is 36.9 Å². The van der Waals surface area contributed by atoms with E-state index in [2.05, 4.69) is 40.4 Å². The van der Waals surface area contributed by atoms with E-state index in [4.69, 9.17) is 22.7 Å². The molecule has 4 aromatic rings. The molecule has 0 radical (unpaired) electrons. The van der Waals surface area contributed by atoms with Crippen LogP contribution in [0.25, 0.3) is 0 Å². The Balaban J connectivity index is 0.000000365. The fourth-order valence-corrected chi connectivity index (χ4v) is 3.58. The molecular formula is C30H36N6Na2O5S2. The first-order chi connectivity index (χ1) is 21.5. The molecule has 0 spiro atoms. The van der Waals surface area contributed by atoms with E-state index in [-0.39, 0.29) is 0 Å². The molecule has 0 aliphatic rings. The number of hydrogen-bond acceptors (Lipinski definition) is 10. The van der Waals surface area contributed by atoms with Gasteiger partial charge in [0.1, 0.15) is 0 Å². The van der Waals surface area contributed by atoms with E-state index in [0.29, 0.717) is 6.54 Å². The van der Waals surface area contributed by atoms with E-state index in [0.717, 1.165) is 53.3 Å². The normalized spacial score (nSPS) is 9.62. The van der Waals surface area contributed by atoms with Crippen LogP contribution in [0, 0.1) is 32.6 Å². The first kappa shape index (κ1) is 40.6. The summed E-state index contributed by atoms with van der Waals surface area (Å²) < 4.78 is 36.3. The van der Waals surface area contributed by atoms with E-state index in [1.165, 1.54) is 59.8 Å². The van der Waals surface area contributed by atoms with Crippen LogP contribution >= 0.6 is 0 Å². The van der Waals surface area contributed by atoms with Crippen LogP contribution in [0.5, 0.6) is 0 Å². The van der Waals surface area contributed by atoms with E-state index < -0.39 is 18.5 Å². The Bertz CT molecular complexity index is 1650. The van der Waals surface area contributed by atoms with Crippen molar-refractivity contribution in [1.29, 1.82) is 0 Å². The summed E-state index contributed by atoms with van der Waals surface area (Å²) in [4.78, 5) is 19.4. The molecular weight excluding hydrogens is 634 g/mol. The predicted molar refractivity (Wildman–Crippen MR) is 182 cm³/mol. The van der Waals surface area contributed by atoms with Gasteiger partial charge in [-0.2, -0.15) is 16.8 Å². The average molecular weight is 671 g/mol. The first-order valence-electron chi connectivity index (χ1n) is 14.3. The number of anilines is 2. The van der Waals surface area contributed by atoms with E-state index in [9.17, 15) is 4.91 Å². The van der Waals surface area contributed by atoms with E-state index in [1.54, 1.807) is 5.01 Å². The minimum absolute atomic E-state index is 0.553. The topological polar surface area (TPSA) is 156 Å². The summed E-state index contributed by atoms with van der Waals surface area (Å²) in [5.41, 5.74) is 8.62. The van der Waals surface area contributed by atoms with Gasteiger partial charge < -0.3 is 5.01 Å². The van der Waals surface area contributed by atoms with Crippen molar-refractivity contribution in [1.82, 2.24) is 9.97 Å². The number of hydrogen-bond donors (Lipinski definition) is 1. The molecule has 15 heteroatoms. The quantitative estimate of drug-likeness (QED) is 0.120. The van der Waals surface area contributed by atoms with E-state index >= 15 is 0 Å². The zero-order valence-corrected chi connectivity index (χ0v) is 32.2. The minimum atomic E-state index is -2.95. The third-order valence-corrected chi connectivity index (χ3v) is 7.00. The van der Waals surface area contributed by atoms with Crippen molar-refractivity contribution in [3.8, 4) is 0 Å². The van der Waals surface area contributed by atoms with Crippen LogP contribution in [0.4, 0.5) is 11.4 Å². The van der Waals surface area contributed by atoms with Crippen LogP contribution in [0.2, 0.25) is 0 Å². The van der Waals surface area contributed by atoms with Crippen LogP contribution in [0.1, 0.15) is 33.6 Å². The van der Waals surface area contributed by atoms with Crippen LogP contribution in [-0.2, 0) is 31.4 Å². The fraction of sp³-hybridized carbons (Fsp3) is 0.267. The Morgan fingerprint density at radius 2 is 1.04 bits per heavy atom. The van der Waals surface area contributed by atoms with Crippen molar-refractivity contribution in [2.75, 3.05) is 23.1 Å². The van der Waals surface area contributed by atoms with Crippen molar-refractivity contribution in [3.63, 3.8) is 0 Å². The summed E-state index contributed by atoms with van der Waals surface area (Å²) in [5.74, 6) is 6.04. The molecule has 0 amide bonds. The Labute approximate surface area is 296 Å². The third kappa shape index (κ3) is 17.1. The van der Waals surface area contributed by atoms with Gasteiger partial charge in [-0.25, -0.2) is 10.9 Å². The molecule has 2 heterocycles. The third-order valence-electron chi connectivity index (χ3n) is 6.11. The van der Waals surface area contributed by atoms with E-state index in [1.807, 2.05) is 87.8 Å². The van der Waals surface area contributed by atoms with Gasteiger partial charge in [0.05, 0.1) is 16.7 Å². The Kier molecular flexibility index (Phi) is 20.7. The molecule has 0 unspecified atom stereocenters. The molecule has 2 N–H and O–H groups in total. The van der Waals surface area contributed by atoms with Crippen molar-refractivity contribution >= 4 is 73.5 Å². The molecule has 0 atom stereocenters. The Morgan fingerprint density at radius 3 is 1.40 bits per heavy atom. The van der Waals surface area contributed by atoms with Gasteiger partial charge >= 0.3 is 62.1 Å². The van der Waals surface area contributed by atoms with Crippen LogP contribution in [0.3, 0.4) is 0 Å². The van der Waals surface area contributed by atoms with Gasteiger partial charge in [-0.3, -0.25) is 9.97 Å². The molecule has 2 aromatic heterocycles. The molecule has 0 fully saturated rings. The summed E-state index contributed by atoms with van der Waals surface area (Å²) in [7, 11) is -5.90. The molecule has 11 nitrogen and oxygen atoms in total.